The number of nitrogens with one attached hydrogen (secondary N) is 1. The highest BCUT2D eigenvalue weighted by Crippen LogP contribution is 2.52. The van der Waals surface area contributed by atoms with Crippen molar-refractivity contribution in [2.24, 2.45) is 5.92 Å². The maximum Gasteiger partial charge on any atom is 0.121 e. The maximum absolute atomic E-state index is 10.9. The molecule has 0 fully saturated rings. The normalized spacial score (nSPS) is 21.1. The second-order valence-corrected chi connectivity index (χ2v) is 8.72. The van der Waals surface area contributed by atoms with Crippen molar-refractivity contribution in [3.63, 3.8) is 0 Å². The van der Waals surface area contributed by atoms with Gasteiger partial charge in [-0.05, 0) is 58.5 Å². The summed E-state index contributed by atoms with van der Waals surface area (Å²) in [7, 11) is 0. The zero-order valence-corrected chi connectivity index (χ0v) is 17.7. The molecule has 2 aliphatic rings. The Labute approximate surface area is 188 Å². The maximum atomic E-state index is 10.9. The summed E-state index contributed by atoms with van der Waals surface area (Å²) in [5.74, 6) is 1.90. The third kappa shape index (κ3) is 3.21. The summed E-state index contributed by atoms with van der Waals surface area (Å²) in [5.41, 5.74) is 4.54. The van der Waals surface area contributed by atoms with Gasteiger partial charge < -0.3 is 15.2 Å². The number of fused-ring (bicyclic) bond motifs is 4. The van der Waals surface area contributed by atoms with Crippen LogP contribution in [0.4, 0.5) is 5.69 Å². The third-order valence-electron chi connectivity index (χ3n) is 6.84. The van der Waals surface area contributed by atoms with Crippen LogP contribution >= 0.6 is 0 Å². The van der Waals surface area contributed by atoms with E-state index in [0.29, 0.717) is 24.2 Å². The molecule has 3 nitrogen and oxygen atoms in total. The van der Waals surface area contributed by atoms with Crippen LogP contribution in [0, 0.1) is 5.92 Å². The van der Waals surface area contributed by atoms with Gasteiger partial charge in [0, 0.05) is 17.2 Å². The predicted molar refractivity (Wildman–Crippen MR) is 129 cm³/mol. The van der Waals surface area contributed by atoms with Gasteiger partial charge in [0.05, 0.1) is 6.04 Å². The average Bonchev–Trinajstić information content (AvgIpc) is 3.34. The van der Waals surface area contributed by atoms with E-state index in [2.05, 4.69) is 53.9 Å². The molecule has 1 aliphatic heterocycles. The molecule has 0 bridgehead atoms. The molecule has 2 N–H and O–H groups in total. The van der Waals surface area contributed by atoms with Gasteiger partial charge in [0.15, 0.2) is 0 Å². The molecule has 0 spiro atoms. The topological polar surface area (TPSA) is 41.5 Å². The molecule has 0 aromatic heterocycles. The highest BCUT2D eigenvalue weighted by Gasteiger charge is 2.39. The number of hydrogen-bond acceptors (Lipinski definition) is 3. The summed E-state index contributed by atoms with van der Waals surface area (Å²) in [6, 6.07) is 28.8. The number of phenolic OH excluding ortho intramolecular Hbond substituents is 1. The summed E-state index contributed by atoms with van der Waals surface area (Å²) in [4.78, 5) is 0. The Morgan fingerprint density at radius 1 is 0.906 bits per heavy atom. The molecule has 0 saturated heterocycles. The lowest BCUT2D eigenvalue weighted by molar-refractivity contribution is 0.305. The number of rotatable bonds is 4. The van der Waals surface area contributed by atoms with Crippen LogP contribution in [-0.2, 0) is 6.61 Å². The van der Waals surface area contributed by atoms with Gasteiger partial charge in [0.1, 0.15) is 18.1 Å². The number of ether oxygens (including phenoxy) is 1. The van der Waals surface area contributed by atoms with Gasteiger partial charge in [-0.3, -0.25) is 0 Å². The fraction of sp³-hybridized carbons (Fsp3) is 0.172. The minimum Gasteiger partial charge on any atom is -0.508 e. The van der Waals surface area contributed by atoms with Crippen molar-refractivity contribution in [2.75, 3.05) is 5.32 Å². The first-order valence-corrected chi connectivity index (χ1v) is 11.2. The summed E-state index contributed by atoms with van der Waals surface area (Å²) in [6.07, 6.45) is 5.58. The molecule has 158 valence electrons. The number of hydrogen-bond donors (Lipinski definition) is 2. The molecule has 0 amide bonds. The van der Waals surface area contributed by atoms with E-state index in [1.807, 2.05) is 48.5 Å². The van der Waals surface area contributed by atoms with Crippen LogP contribution in [0.5, 0.6) is 11.5 Å². The summed E-state index contributed by atoms with van der Waals surface area (Å²) in [5, 5.41) is 16.9. The molecule has 3 unspecified atom stereocenters. The van der Waals surface area contributed by atoms with Crippen molar-refractivity contribution in [2.45, 2.75) is 25.0 Å². The first-order chi connectivity index (χ1) is 15.8. The van der Waals surface area contributed by atoms with E-state index >= 15 is 0 Å². The first kappa shape index (κ1) is 19.0. The lowest BCUT2D eigenvalue weighted by Gasteiger charge is -2.38. The van der Waals surface area contributed by atoms with E-state index in [1.165, 1.54) is 5.56 Å². The number of aromatic hydroxyl groups is 1. The van der Waals surface area contributed by atoms with E-state index in [1.54, 1.807) is 0 Å². The van der Waals surface area contributed by atoms with Crippen LogP contribution in [0.2, 0.25) is 0 Å². The Morgan fingerprint density at radius 3 is 2.66 bits per heavy atom. The van der Waals surface area contributed by atoms with E-state index in [4.69, 9.17) is 4.74 Å². The molecular formula is C29H25NO2. The van der Waals surface area contributed by atoms with Crippen LogP contribution in [0.3, 0.4) is 0 Å². The van der Waals surface area contributed by atoms with E-state index in [0.717, 1.165) is 39.8 Å². The second kappa shape index (κ2) is 7.76. The van der Waals surface area contributed by atoms with Crippen LogP contribution in [-0.4, -0.2) is 5.11 Å². The number of phenols is 1. The molecule has 32 heavy (non-hydrogen) atoms. The molecular weight excluding hydrogens is 394 g/mol. The van der Waals surface area contributed by atoms with Crippen molar-refractivity contribution in [3.8, 4) is 11.5 Å². The van der Waals surface area contributed by atoms with Crippen molar-refractivity contribution < 1.29 is 9.84 Å². The van der Waals surface area contributed by atoms with Crippen LogP contribution in [0.25, 0.3) is 10.8 Å². The zero-order valence-electron chi connectivity index (χ0n) is 17.7. The monoisotopic (exact) mass is 419 g/mol. The lowest BCUT2D eigenvalue weighted by Crippen LogP contribution is -2.29. The number of anilines is 1. The van der Waals surface area contributed by atoms with E-state index in [-0.39, 0.29) is 6.04 Å². The molecule has 4 aromatic carbocycles. The molecule has 0 saturated carbocycles. The largest absolute Gasteiger partial charge is 0.508 e. The fourth-order valence-corrected chi connectivity index (χ4v) is 5.30. The average molecular weight is 420 g/mol. The fourth-order valence-electron chi connectivity index (χ4n) is 5.30. The summed E-state index contributed by atoms with van der Waals surface area (Å²) in [6.45, 7) is 0.559. The quantitative estimate of drug-likeness (QED) is 0.352. The van der Waals surface area contributed by atoms with Gasteiger partial charge in [-0.2, -0.15) is 0 Å². The van der Waals surface area contributed by atoms with E-state index < -0.39 is 0 Å². The number of benzene rings is 4. The molecule has 6 rings (SSSR count). The first-order valence-electron chi connectivity index (χ1n) is 11.2. The van der Waals surface area contributed by atoms with Crippen molar-refractivity contribution >= 4 is 16.5 Å². The standard InChI is InChI=1S/C29H25NO2/c31-27-16-13-20-9-4-5-10-22(20)28(27)29-24-12-6-11-23(24)25-17-21(14-15-26(25)30-29)32-18-19-7-2-1-3-8-19/h1-11,13-17,23-24,29-31H,12,18H2. The zero-order chi connectivity index (χ0) is 21.5. The Kier molecular flexibility index (Phi) is 4.61. The highest BCUT2D eigenvalue weighted by atomic mass is 16.5. The van der Waals surface area contributed by atoms with Crippen molar-refractivity contribution in [1.82, 2.24) is 0 Å². The summed E-state index contributed by atoms with van der Waals surface area (Å²) >= 11 is 0. The Balaban J connectivity index is 1.36. The Morgan fingerprint density at radius 2 is 1.75 bits per heavy atom. The number of allylic oxidation sites excluding steroid dienone is 2. The minimum atomic E-state index is 0.0460. The van der Waals surface area contributed by atoms with Gasteiger partial charge in [-0.1, -0.05) is 72.8 Å². The lowest BCUT2D eigenvalue weighted by atomic mass is 9.76. The third-order valence-corrected chi connectivity index (χ3v) is 6.84. The minimum absolute atomic E-state index is 0.0460. The Hall–Kier alpha value is -3.72. The van der Waals surface area contributed by atoms with Crippen LogP contribution in [0.1, 0.15) is 35.1 Å². The van der Waals surface area contributed by atoms with Crippen LogP contribution in [0.15, 0.2) is 97.1 Å². The molecule has 3 atom stereocenters. The van der Waals surface area contributed by atoms with Crippen molar-refractivity contribution in [3.05, 3.63) is 114 Å². The summed E-state index contributed by atoms with van der Waals surface area (Å²) < 4.78 is 6.10. The molecule has 1 heterocycles. The highest BCUT2D eigenvalue weighted by molar-refractivity contribution is 5.89. The van der Waals surface area contributed by atoms with Gasteiger partial charge >= 0.3 is 0 Å². The second-order valence-electron chi connectivity index (χ2n) is 8.72. The van der Waals surface area contributed by atoms with Gasteiger partial charge in [-0.25, -0.2) is 0 Å². The van der Waals surface area contributed by atoms with Gasteiger partial charge in [0.2, 0.25) is 0 Å². The molecule has 3 heteroatoms. The SMILES string of the molecule is Oc1ccc2ccccc2c1C1Nc2ccc(OCc3ccccc3)cc2C2C=CCC21. The Bertz CT molecular complexity index is 1310. The van der Waals surface area contributed by atoms with E-state index in [9.17, 15) is 5.11 Å². The predicted octanol–water partition coefficient (Wildman–Crippen LogP) is 6.95. The molecule has 0 radical (unpaired) electrons. The van der Waals surface area contributed by atoms with Gasteiger partial charge in [0.25, 0.3) is 0 Å². The molecule has 1 aliphatic carbocycles. The van der Waals surface area contributed by atoms with Crippen molar-refractivity contribution in [1.29, 1.82) is 0 Å². The molecule has 4 aromatic rings. The smallest absolute Gasteiger partial charge is 0.121 e. The van der Waals surface area contributed by atoms with Gasteiger partial charge in [-0.15, -0.1) is 0 Å². The van der Waals surface area contributed by atoms with Crippen LogP contribution < -0.4 is 10.1 Å².